The molecule has 0 N–H and O–H groups in total. The fraction of sp³-hybridized carbons (Fsp3) is 0.350. The maximum Gasteiger partial charge on any atom is 0.256 e. The zero-order chi connectivity index (χ0) is 20.2. The molecule has 0 aliphatic carbocycles. The Morgan fingerprint density at radius 2 is 1.86 bits per heavy atom. The van der Waals surface area contributed by atoms with E-state index >= 15 is 0 Å². The van der Waals surface area contributed by atoms with Crippen molar-refractivity contribution in [3.05, 3.63) is 57.9 Å². The van der Waals surface area contributed by atoms with Crippen LogP contribution in [0.1, 0.15) is 44.3 Å². The van der Waals surface area contributed by atoms with Gasteiger partial charge in [-0.25, -0.2) is 8.42 Å². The number of pyridine rings is 1. The van der Waals surface area contributed by atoms with Gasteiger partial charge in [0.25, 0.3) is 5.91 Å². The molecule has 2 aliphatic heterocycles. The molecule has 28 heavy (non-hydrogen) atoms. The monoisotopic (exact) mass is 396 g/mol. The van der Waals surface area contributed by atoms with Crippen molar-refractivity contribution >= 4 is 15.9 Å². The molecular formula is C20H20N4O3S. The molecule has 1 aromatic heterocycles. The van der Waals surface area contributed by atoms with E-state index in [0.717, 1.165) is 5.56 Å². The Hall–Kier alpha value is -2.76. The van der Waals surface area contributed by atoms with Crippen LogP contribution in [0, 0.1) is 32.1 Å². The Bertz CT molecular complexity index is 1130. The summed E-state index contributed by atoms with van der Waals surface area (Å²) in [6.45, 7) is 6.07. The first-order chi connectivity index (χ1) is 13.3. The van der Waals surface area contributed by atoms with Crippen LogP contribution in [0.2, 0.25) is 0 Å². The number of aromatic nitrogens is 1. The summed E-state index contributed by atoms with van der Waals surface area (Å²) in [4.78, 5) is 18.9. The van der Waals surface area contributed by atoms with Crippen LogP contribution in [0.5, 0.6) is 0 Å². The van der Waals surface area contributed by atoms with E-state index in [9.17, 15) is 18.5 Å². The van der Waals surface area contributed by atoms with Gasteiger partial charge in [0.15, 0.2) is 0 Å². The molecule has 2 aromatic rings. The number of benzene rings is 1. The molecule has 144 valence electrons. The van der Waals surface area contributed by atoms with Gasteiger partial charge in [-0.1, -0.05) is 0 Å². The maximum absolute atomic E-state index is 13.3. The fourth-order valence-electron chi connectivity index (χ4n) is 4.17. The summed E-state index contributed by atoms with van der Waals surface area (Å²) in [7, 11) is -3.73. The van der Waals surface area contributed by atoms with Gasteiger partial charge < -0.3 is 4.90 Å². The number of piperazine rings is 1. The molecule has 0 radical (unpaired) electrons. The van der Waals surface area contributed by atoms with Gasteiger partial charge in [0, 0.05) is 25.8 Å². The molecule has 1 atom stereocenters. The van der Waals surface area contributed by atoms with Crippen molar-refractivity contribution in [3.8, 4) is 6.07 Å². The van der Waals surface area contributed by atoms with Crippen molar-refractivity contribution in [2.75, 3.05) is 19.6 Å². The summed E-state index contributed by atoms with van der Waals surface area (Å²) < 4.78 is 28.0. The summed E-state index contributed by atoms with van der Waals surface area (Å²) in [6.07, 6.45) is 1.66. The Balaban J connectivity index is 1.71. The molecule has 1 amide bonds. The highest BCUT2D eigenvalue weighted by Crippen LogP contribution is 2.38. The van der Waals surface area contributed by atoms with Gasteiger partial charge in [-0.15, -0.1) is 0 Å². The van der Waals surface area contributed by atoms with Crippen LogP contribution in [0.3, 0.4) is 0 Å². The zero-order valence-corrected chi connectivity index (χ0v) is 16.7. The lowest BCUT2D eigenvalue weighted by Crippen LogP contribution is -2.49. The minimum absolute atomic E-state index is 0.0762. The highest BCUT2D eigenvalue weighted by atomic mass is 32.2. The first kappa shape index (κ1) is 18.6. The highest BCUT2D eigenvalue weighted by Gasteiger charge is 2.44. The predicted molar refractivity (Wildman–Crippen MR) is 102 cm³/mol. The summed E-state index contributed by atoms with van der Waals surface area (Å²) in [5.74, 6) is -0.0762. The number of nitriles is 1. The van der Waals surface area contributed by atoms with Gasteiger partial charge in [-0.2, -0.15) is 9.57 Å². The van der Waals surface area contributed by atoms with Gasteiger partial charge in [-0.05, 0) is 55.7 Å². The van der Waals surface area contributed by atoms with Crippen LogP contribution < -0.4 is 0 Å². The first-order valence-electron chi connectivity index (χ1n) is 9.03. The van der Waals surface area contributed by atoms with Crippen molar-refractivity contribution in [2.45, 2.75) is 31.7 Å². The number of rotatable bonds is 2. The quantitative estimate of drug-likeness (QED) is 0.775. The Kier molecular flexibility index (Phi) is 4.25. The molecule has 0 bridgehead atoms. The lowest BCUT2D eigenvalue weighted by Gasteiger charge is -2.37. The SMILES string of the molecule is Cc1cc(S(=O)(=O)N2CCN3C(=O)c4c(ccnc4C)C3C2)cc(C)c1C#N. The third-order valence-electron chi connectivity index (χ3n) is 5.61. The van der Waals surface area contributed by atoms with Crippen LogP contribution in [0.4, 0.5) is 0 Å². The average molecular weight is 396 g/mol. The van der Waals surface area contributed by atoms with E-state index in [2.05, 4.69) is 11.1 Å². The Morgan fingerprint density at radius 3 is 2.50 bits per heavy atom. The van der Waals surface area contributed by atoms with Crippen LogP contribution >= 0.6 is 0 Å². The van der Waals surface area contributed by atoms with Crippen LogP contribution in [-0.4, -0.2) is 48.1 Å². The van der Waals surface area contributed by atoms with Gasteiger partial charge in [0.1, 0.15) is 0 Å². The number of carbonyl (C=O) groups is 1. The number of amides is 1. The molecule has 7 nitrogen and oxygen atoms in total. The highest BCUT2D eigenvalue weighted by molar-refractivity contribution is 7.89. The standard InChI is InChI=1S/C20H20N4O3S/c1-12-8-15(9-13(2)17(12)10-21)28(26,27)23-6-7-24-18(11-23)16-4-5-22-14(3)19(16)20(24)25/h4-5,8-9,18H,6-7,11H2,1-3H3. The smallest absolute Gasteiger partial charge is 0.256 e. The minimum Gasteiger partial charge on any atom is -0.329 e. The average Bonchev–Trinajstić information content (AvgIpc) is 2.95. The third kappa shape index (κ3) is 2.62. The maximum atomic E-state index is 13.3. The molecule has 1 fully saturated rings. The second-order valence-electron chi connectivity index (χ2n) is 7.28. The molecule has 8 heteroatoms. The number of sulfonamides is 1. The largest absolute Gasteiger partial charge is 0.329 e. The normalized spacial score (nSPS) is 19.3. The number of fused-ring (bicyclic) bond motifs is 3. The Morgan fingerprint density at radius 1 is 1.18 bits per heavy atom. The van der Waals surface area contributed by atoms with E-state index in [-0.39, 0.29) is 29.9 Å². The number of aryl methyl sites for hydroxylation is 3. The van der Waals surface area contributed by atoms with E-state index in [4.69, 9.17) is 0 Å². The van der Waals surface area contributed by atoms with Crippen molar-refractivity contribution in [1.29, 1.82) is 5.26 Å². The molecule has 1 saturated heterocycles. The summed E-state index contributed by atoms with van der Waals surface area (Å²) in [5, 5.41) is 9.23. The predicted octanol–water partition coefficient (Wildman–Crippen LogP) is 2.08. The van der Waals surface area contributed by atoms with Gasteiger partial charge in [-0.3, -0.25) is 9.78 Å². The van der Waals surface area contributed by atoms with Gasteiger partial charge in [0.2, 0.25) is 10.0 Å². The van der Waals surface area contributed by atoms with E-state index in [1.165, 1.54) is 4.31 Å². The lowest BCUT2D eigenvalue weighted by molar-refractivity contribution is 0.0628. The lowest BCUT2D eigenvalue weighted by atomic mass is 10.0. The zero-order valence-electron chi connectivity index (χ0n) is 15.9. The van der Waals surface area contributed by atoms with E-state index in [1.807, 2.05) is 0 Å². The Labute approximate surface area is 164 Å². The minimum atomic E-state index is -3.73. The topological polar surface area (TPSA) is 94.4 Å². The van der Waals surface area contributed by atoms with Crippen LogP contribution in [0.25, 0.3) is 0 Å². The van der Waals surface area contributed by atoms with Crippen LogP contribution in [-0.2, 0) is 10.0 Å². The number of hydrogen-bond acceptors (Lipinski definition) is 5. The van der Waals surface area contributed by atoms with Gasteiger partial charge in [0.05, 0.1) is 33.8 Å². The fourth-order valence-corrected chi connectivity index (χ4v) is 5.78. The van der Waals surface area contributed by atoms with E-state index in [1.54, 1.807) is 50.1 Å². The molecule has 1 unspecified atom stereocenters. The third-order valence-corrected chi connectivity index (χ3v) is 7.45. The first-order valence-corrected chi connectivity index (χ1v) is 10.5. The molecule has 3 heterocycles. The second-order valence-corrected chi connectivity index (χ2v) is 9.22. The summed E-state index contributed by atoms with van der Waals surface area (Å²) in [5.41, 5.74) is 3.89. The number of nitrogens with zero attached hydrogens (tertiary/aromatic N) is 4. The number of hydrogen-bond donors (Lipinski definition) is 0. The second kappa shape index (κ2) is 6.40. The van der Waals surface area contributed by atoms with Crippen molar-refractivity contribution in [2.24, 2.45) is 0 Å². The van der Waals surface area contributed by atoms with Crippen molar-refractivity contribution in [1.82, 2.24) is 14.2 Å². The molecule has 2 aliphatic rings. The van der Waals surface area contributed by atoms with Crippen molar-refractivity contribution < 1.29 is 13.2 Å². The molecular weight excluding hydrogens is 376 g/mol. The molecule has 4 rings (SSSR count). The van der Waals surface area contributed by atoms with Crippen LogP contribution in [0.15, 0.2) is 29.3 Å². The molecule has 0 saturated carbocycles. The summed E-state index contributed by atoms with van der Waals surface area (Å²) >= 11 is 0. The summed E-state index contributed by atoms with van der Waals surface area (Å²) in [6, 6.07) is 6.72. The molecule has 0 spiro atoms. The number of carbonyl (C=O) groups excluding carboxylic acids is 1. The van der Waals surface area contributed by atoms with E-state index < -0.39 is 10.0 Å². The molecule has 1 aromatic carbocycles. The van der Waals surface area contributed by atoms with E-state index in [0.29, 0.717) is 34.5 Å². The van der Waals surface area contributed by atoms with Crippen molar-refractivity contribution in [3.63, 3.8) is 0 Å². The van der Waals surface area contributed by atoms with Gasteiger partial charge >= 0.3 is 0 Å².